The number of amides is 2. The Morgan fingerprint density at radius 2 is 1.97 bits per heavy atom. The molecule has 0 spiro atoms. The highest BCUT2D eigenvalue weighted by Crippen LogP contribution is 2.27. The molecule has 1 fully saturated rings. The van der Waals surface area contributed by atoms with E-state index in [1.807, 2.05) is 42.5 Å². The van der Waals surface area contributed by atoms with E-state index in [0.717, 1.165) is 29.8 Å². The van der Waals surface area contributed by atoms with Crippen molar-refractivity contribution in [1.29, 1.82) is 0 Å². The van der Waals surface area contributed by atoms with E-state index in [2.05, 4.69) is 28.6 Å². The predicted molar refractivity (Wildman–Crippen MR) is 131 cm³/mol. The zero-order valence-electron chi connectivity index (χ0n) is 18.5. The molecule has 1 aliphatic heterocycles. The van der Waals surface area contributed by atoms with Crippen molar-refractivity contribution in [2.45, 2.75) is 36.6 Å². The number of ether oxygens (including phenoxy) is 1. The van der Waals surface area contributed by atoms with Gasteiger partial charge in [0, 0.05) is 35.5 Å². The van der Waals surface area contributed by atoms with Gasteiger partial charge in [0.2, 0.25) is 5.91 Å². The zero-order chi connectivity index (χ0) is 23.8. The van der Waals surface area contributed by atoms with Crippen LogP contribution in [0.5, 0.6) is 0 Å². The molecule has 33 heavy (non-hydrogen) atoms. The second-order valence-corrected chi connectivity index (χ2v) is 8.64. The molecule has 3 atom stereocenters. The van der Waals surface area contributed by atoms with Gasteiger partial charge in [0.25, 0.3) is 5.91 Å². The van der Waals surface area contributed by atoms with Crippen molar-refractivity contribution in [2.24, 2.45) is 5.73 Å². The van der Waals surface area contributed by atoms with E-state index in [9.17, 15) is 14.4 Å². The number of nitrogens with one attached hydrogen (secondary N) is 3. The molecule has 176 valence electrons. The summed E-state index contributed by atoms with van der Waals surface area (Å²) in [6.45, 7) is 1.60. The van der Waals surface area contributed by atoms with Crippen LogP contribution >= 0.6 is 12.6 Å². The molecule has 0 bridgehead atoms. The molecule has 1 heterocycles. The third-order valence-electron chi connectivity index (χ3n) is 5.66. The van der Waals surface area contributed by atoms with Crippen LogP contribution in [0.25, 0.3) is 11.1 Å². The molecular weight excluding hydrogens is 440 g/mol. The lowest BCUT2D eigenvalue weighted by atomic mass is 9.98. The molecule has 2 aromatic carbocycles. The average molecular weight is 471 g/mol. The lowest BCUT2D eigenvalue weighted by molar-refractivity contribution is -0.143. The molecule has 0 saturated carbocycles. The molecular formula is C24H30N4O4S. The van der Waals surface area contributed by atoms with Gasteiger partial charge in [0.15, 0.2) is 0 Å². The molecule has 2 aromatic rings. The minimum atomic E-state index is -0.983. The summed E-state index contributed by atoms with van der Waals surface area (Å²) in [6.07, 6.45) is 1.02. The Morgan fingerprint density at radius 1 is 1.21 bits per heavy atom. The minimum absolute atomic E-state index is 0.0491. The van der Waals surface area contributed by atoms with E-state index in [0.29, 0.717) is 12.1 Å². The number of benzene rings is 2. The van der Waals surface area contributed by atoms with Gasteiger partial charge in [-0.2, -0.15) is 12.6 Å². The number of rotatable bonds is 10. The fourth-order valence-electron chi connectivity index (χ4n) is 3.82. The maximum atomic E-state index is 13.3. The van der Waals surface area contributed by atoms with Gasteiger partial charge in [-0.15, -0.1) is 0 Å². The summed E-state index contributed by atoms with van der Waals surface area (Å²) in [5.74, 6) is -1.63. The lowest BCUT2D eigenvalue weighted by Gasteiger charge is -2.20. The quantitative estimate of drug-likeness (QED) is 0.267. The second-order valence-electron chi connectivity index (χ2n) is 7.98. The fourth-order valence-corrected chi connectivity index (χ4v) is 4.16. The van der Waals surface area contributed by atoms with Crippen molar-refractivity contribution >= 4 is 36.1 Å². The normalized spacial score (nSPS) is 18.4. The summed E-state index contributed by atoms with van der Waals surface area (Å²) in [5.41, 5.74) is 7.99. The largest absolute Gasteiger partial charge is 0.467 e. The van der Waals surface area contributed by atoms with Crippen LogP contribution in [0, 0.1) is 0 Å². The Morgan fingerprint density at radius 3 is 2.61 bits per heavy atom. The van der Waals surface area contributed by atoms with Crippen molar-refractivity contribution in [2.75, 3.05) is 25.5 Å². The number of carbonyl (C=O) groups is 3. The van der Waals surface area contributed by atoms with Gasteiger partial charge in [-0.3, -0.25) is 9.59 Å². The number of methoxy groups -OCH3 is 1. The van der Waals surface area contributed by atoms with Gasteiger partial charge in [-0.05, 0) is 42.6 Å². The van der Waals surface area contributed by atoms with Crippen molar-refractivity contribution in [3.63, 3.8) is 0 Å². The number of primary amides is 1. The van der Waals surface area contributed by atoms with Crippen LogP contribution in [-0.2, 0) is 14.3 Å². The highest BCUT2D eigenvalue weighted by atomic mass is 32.1. The molecule has 0 aliphatic carbocycles. The van der Waals surface area contributed by atoms with Crippen LogP contribution < -0.4 is 21.7 Å². The smallest absolute Gasteiger partial charge is 0.328 e. The summed E-state index contributed by atoms with van der Waals surface area (Å²) in [4.78, 5) is 36.7. The Hall–Kier alpha value is -3.04. The third kappa shape index (κ3) is 6.72. The molecule has 3 rings (SSSR count). The van der Waals surface area contributed by atoms with E-state index in [-0.39, 0.29) is 24.1 Å². The van der Waals surface area contributed by atoms with Gasteiger partial charge < -0.3 is 26.4 Å². The average Bonchev–Trinajstić information content (AvgIpc) is 3.24. The first-order valence-electron chi connectivity index (χ1n) is 10.9. The molecule has 2 unspecified atom stereocenters. The maximum absolute atomic E-state index is 13.3. The number of carbonyl (C=O) groups excluding carboxylic acids is 3. The fraction of sp³-hybridized carbons (Fsp3) is 0.375. The number of thiol groups is 1. The Balaban J connectivity index is 1.85. The van der Waals surface area contributed by atoms with Crippen LogP contribution in [0.3, 0.4) is 0 Å². The number of hydrogen-bond donors (Lipinski definition) is 5. The van der Waals surface area contributed by atoms with Crippen LogP contribution in [0.2, 0.25) is 0 Å². The Bertz CT molecular complexity index is 986. The van der Waals surface area contributed by atoms with Crippen LogP contribution in [0.15, 0.2) is 48.5 Å². The molecule has 2 amide bonds. The molecule has 0 radical (unpaired) electrons. The van der Waals surface area contributed by atoms with Crippen molar-refractivity contribution in [3.8, 4) is 11.1 Å². The molecule has 1 aliphatic rings. The van der Waals surface area contributed by atoms with Crippen LogP contribution in [-0.4, -0.2) is 55.3 Å². The summed E-state index contributed by atoms with van der Waals surface area (Å²) in [7, 11) is 1.23. The summed E-state index contributed by atoms with van der Waals surface area (Å²) in [5, 5.41) is 9.77. The Labute approximate surface area is 199 Å². The van der Waals surface area contributed by atoms with Crippen molar-refractivity contribution in [3.05, 3.63) is 54.1 Å². The van der Waals surface area contributed by atoms with E-state index in [1.165, 1.54) is 7.11 Å². The predicted octanol–water partition coefficient (Wildman–Crippen LogP) is 1.96. The number of esters is 1. The van der Waals surface area contributed by atoms with E-state index >= 15 is 0 Å². The summed E-state index contributed by atoms with van der Waals surface area (Å²) in [6, 6.07) is 14.3. The first-order valence-corrected chi connectivity index (χ1v) is 11.4. The van der Waals surface area contributed by atoms with E-state index < -0.39 is 23.8 Å². The van der Waals surface area contributed by atoms with Crippen molar-refractivity contribution in [1.82, 2.24) is 10.6 Å². The highest BCUT2D eigenvalue weighted by Gasteiger charge is 2.25. The highest BCUT2D eigenvalue weighted by molar-refractivity contribution is 7.81. The van der Waals surface area contributed by atoms with Crippen LogP contribution in [0.1, 0.15) is 29.6 Å². The Kier molecular flexibility index (Phi) is 8.73. The monoisotopic (exact) mass is 470 g/mol. The first-order chi connectivity index (χ1) is 15.9. The molecule has 0 aromatic heterocycles. The SMILES string of the molecule is COC(=O)[C@H](CCC(N)=O)NC(=O)c1cc(NCC2NCCC2S)ccc1-c1ccccc1. The van der Waals surface area contributed by atoms with Crippen molar-refractivity contribution < 1.29 is 19.1 Å². The van der Waals surface area contributed by atoms with E-state index in [1.54, 1.807) is 6.07 Å². The van der Waals surface area contributed by atoms with Gasteiger partial charge >= 0.3 is 5.97 Å². The second kappa shape index (κ2) is 11.7. The standard InChI is InChI=1S/C24H30N4O4S/c1-32-24(31)19(9-10-22(25)29)28-23(30)18-13-16(27-14-20-21(33)11-12-26-20)7-8-17(18)15-5-3-2-4-6-15/h2-8,13,19-21,26-27,33H,9-12,14H2,1H3,(H2,25,29)(H,28,30)/t19-,20?,21?/m0/s1. The summed E-state index contributed by atoms with van der Waals surface area (Å²) < 4.78 is 4.79. The van der Waals surface area contributed by atoms with E-state index in [4.69, 9.17) is 10.5 Å². The number of hydrogen-bond acceptors (Lipinski definition) is 7. The molecule has 1 saturated heterocycles. The number of nitrogens with two attached hydrogens (primary N) is 1. The molecule has 5 N–H and O–H groups in total. The number of anilines is 1. The van der Waals surface area contributed by atoms with Crippen LogP contribution in [0.4, 0.5) is 5.69 Å². The van der Waals surface area contributed by atoms with Gasteiger partial charge in [-0.25, -0.2) is 4.79 Å². The van der Waals surface area contributed by atoms with Gasteiger partial charge in [0.1, 0.15) is 6.04 Å². The first kappa shape index (κ1) is 24.6. The topological polar surface area (TPSA) is 123 Å². The molecule has 9 heteroatoms. The summed E-state index contributed by atoms with van der Waals surface area (Å²) >= 11 is 4.61. The molecule has 8 nitrogen and oxygen atoms in total. The minimum Gasteiger partial charge on any atom is -0.467 e. The van der Waals surface area contributed by atoms with Gasteiger partial charge in [-0.1, -0.05) is 36.4 Å². The third-order valence-corrected chi connectivity index (χ3v) is 6.27. The van der Waals surface area contributed by atoms with Gasteiger partial charge in [0.05, 0.1) is 7.11 Å². The lowest BCUT2D eigenvalue weighted by Crippen LogP contribution is -2.42. The maximum Gasteiger partial charge on any atom is 0.328 e. The zero-order valence-corrected chi connectivity index (χ0v) is 19.4.